The molecule has 0 saturated heterocycles. The first-order valence-electron chi connectivity index (χ1n) is 12.3. The number of ether oxygens (including phenoxy) is 1. The topological polar surface area (TPSA) is 50.7 Å². The summed E-state index contributed by atoms with van der Waals surface area (Å²) in [5.41, 5.74) is 3.43. The van der Waals surface area contributed by atoms with Gasteiger partial charge in [0.2, 0.25) is 5.91 Å². The third-order valence-corrected chi connectivity index (χ3v) is 6.09. The van der Waals surface area contributed by atoms with E-state index in [4.69, 9.17) is 4.74 Å². The number of hydrazone groups is 1. The molecule has 0 spiro atoms. The van der Waals surface area contributed by atoms with Crippen molar-refractivity contribution in [3.8, 4) is 5.75 Å². The smallest absolute Gasteiger partial charge is 0.240 e. The number of benzene rings is 1. The second-order valence-corrected chi connectivity index (χ2v) is 9.29. The summed E-state index contributed by atoms with van der Waals surface area (Å²) < 4.78 is 6.24. The van der Waals surface area contributed by atoms with Gasteiger partial charge in [-0.1, -0.05) is 113 Å². The highest BCUT2D eigenvalue weighted by atomic mass is 79.9. The van der Waals surface area contributed by atoms with Crippen LogP contribution >= 0.6 is 15.9 Å². The van der Waals surface area contributed by atoms with E-state index >= 15 is 0 Å². The van der Waals surface area contributed by atoms with Crippen molar-refractivity contribution in [1.29, 1.82) is 0 Å². The first-order chi connectivity index (χ1) is 15.2. The Hall–Kier alpha value is -1.36. The summed E-state index contributed by atoms with van der Waals surface area (Å²) in [4.78, 5) is 11.9. The van der Waals surface area contributed by atoms with Crippen LogP contribution in [0.1, 0.15) is 115 Å². The molecule has 0 heterocycles. The fourth-order valence-electron chi connectivity index (χ4n) is 3.69. The van der Waals surface area contributed by atoms with Gasteiger partial charge in [-0.2, -0.15) is 5.10 Å². The highest BCUT2D eigenvalue weighted by molar-refractivity contribution is 9.10. The van der Waals surface area contributed by atoms with E-state index in [9.17, 15) is 4.79 Å². The number of amides is 1. The molecule has 1 amide bonds. The van der Waals surface area contributed by atoms with Crippen molar-refractivity contribution in [2.45, 2.75) is 110 Å². The van der Waals surface area contributed by atoms with Crippen LogP contribution in [0.15, 0.2) is 27.8 Å². The quantitative estimate of drug-likeness (QED) is 0.120. The second kappa shape index (κ2) is 19.3. The van der Waals surface area contributed by atoms with Crippen molar-refractivity contribution in [3.63, 3.8) is 0 Å². The molecule has 0 bridgehead atoms. The number of unbranched alkanes of at least 4 members (excludes halogenated alkanes) is 14. The van der Waals surface area contributed by atoms with E-state index in [0.29, 0.717) is 6.42 Å². The van der Waals surface area contributed by atoms with Crippen LogP contribution in [0.2, 0.25) is 0 Å². The van der Waals surface area contributed by atoms with Gasteiger partial charge in [-0.3, -0.25) is 4.79 Å². The van der Waals surface area contributed by atoms with Gasteiger partial charge in [0.25, 0.3) is 0 Å². The largest absolute Gasteiger partial charge is 0.496 e. The van der Waals surface area contributed by atoms with E-state index in [0.717, 1.165) is 28.6 Å². The van der Waals surface area contributed by atoms with E-state index in [-0.39, 0.29) is 5.91 Å². The summed E-state index contributed by atoms with van der Waals surface area (Å²) in [5, 5.41) is 4.05. The predicted molar refractivity (Wildman–Crippen MR) is 136 cm³/mol. The number of hydrogen-bond donors (Lipinski definition) is 1. The van der Waals surface area contributed by atoms with Crippen LogP contribution in [0.4, 0.5) is 0 Å². The van der Waals surface area contributed by atoms with E-state index in [1.165, 1.54) is 83.5 Å². The fourth-order valence-corrected chi connectivity index (χ4v) is 4.07. The van der Waals surface area contributed by atoms with Gasteiger partial charge < -0.3 is 4.74 Å². The molecule has 0 aliphatic heterocycles. The van der Waals surface area contributed by atoms with Crippen LogP contribution in [0.5, 0.6) is 5.75 Å². The maximum absolute atomic E-state index is 11.9. The summed E-state index contributed by atoms with van der Waals surface area (Å²) in [6.45, 7) is 2.28. The van der Waals surface area contributed by atoms with Crippen molar-refractivity contribution in [1.82, 2.24) is 5.43 Å². The average Bonchev–Trinajstić information content (AvgIpc) is 2.76. The second-order valence-electron chi connectivity index (χ2n) is 8.38. The molecule has 0 aliphatic carbocycles. The number of halogens is 1. The predicted octanol–water partition coefficient (Wildman–Crippen LogP) is 8.17. The molecular weight excluding hydrogens is 452 g/mol. The summed E-state index contributed by atoms with van der Waals surface area (Å²) in [7, 11) is 1.62. The van der Waals surface area contributed by atoms with Gasteiger partial charge in [0.15, 0.2) is 0 Å². The number of carbonyl (C=O) groups excluding carboxylic acids is 1. The zero-order valence-corrected chi connectivity index (χ0v) is 21.4. The molecule has 0 aliphatic rings. The van der Waals surface area contributed by atoms with Gasteiger partial charge in [0.05, 0.1) is 13.3 Å². The molecule has 0 atom stereocenters. The van der Waals surface area contributed by atoms with Crippen LogP contribution in [-0.4, -0.2) is 19.2 Å². The summed E-state index contributed by atoms with van der Waals surface area (Å²) >= 11 is 3.43. The highest BCUT2D eigenvalue weighted by Crippen LogP contribution is 2.21. The number of rotatable bonds is 19. The van der Waals surface area contributed by atoms with Crippen molar-refractivity contribution in [3.05, 3.63) is 28.2 Å². The van der Waals surface area contributed by atoms with Gasteiger partial charge in [-0.25, -0.2) is 5.43 Å². The minimum absolute atomic E-state index is 0.0279. The lowest BCUT2D eigenvalue weighted by molar-refractivity contribution is -0.121. The van der Waals surface area contributed by atoms with E-state index < -0.39 is 0 Å². The molecule has 0 fully saturated rings. The van der Waals surface area contributed by atoms with Crippen LogP contribution in [0.25, 0.3) is 0 Å². The van der Waals surface area contributed by atoms with E-state index in [1.54, 1.807) is 13.3 Å². The van der Waals surface area contributed by atoms with Crippen molar-refractivity contribution in [2.24, 2.45) is 5.10 Å². The van der Waals surface area contributed by atoms with Gasteiger partial charge in [0, 0.05) is 16.5 Å². The first kappa shape index (κ1) is 27.7. The molecule has 1 N–H and O–H groups in total. The molecule has 1 aromatic carbocycles. The fraction of sp³-hybridized carbons (Fsp3) is 0.692. The molecule has 31 heavy (non-hydrogen) atoms. The van der Waals surface area contributed by atoms with E-state index in [1.807, 2.05) is 18.2 Å². The average molecular weight is 496 g/mol. The molecule has 0 radical (unpaired) electrons. The summed E-state index contributed by atoms with van der Waals surface area (Å²) in [6.07, 6.45) is 22.1. The van der Waals surface area contributed by atoms with Gasteiger partial charge in [-0.05, 0) is 24.6 Å². The Morgan fingerprint density at radius 2 is 1.42 bits per heavy atom. The maximum atomic E-state index is 11.9. The van der Waals surface area contributed by atoms with Crippen LogP contribution in [0, 0.1) is 0 Å². The Morgan fingerprint density at radius 1 is 0.903 bits per heavy atom. The standard InChI is InChI=1S/C26H43BrN2O2/c1-3-4-5-6-7-8-9-10-11-12-13-14-15-16-17-18-26(30)29-28-22-23-21-24(27)19-20-25(23)31-2/h19-22H,3-18H2,1-2H3,(H,29,30). The molecule has 4 nitrogen and oxygen atoms in total. The number of methoxy groups -OCH3 is 1. The Kier molecular flexibility index (Phi) is 17.3. The van der Waals surface area contributed by atoms with Crippen LogP contribution < -0.4 is 10.2 Å². The van der Waals surface area contributed by atoms with Crippen molar-refractivity contribution in [2.75, 3.05) is 7.11 Å². The van der Waals surface area contributed by atoms with Gasteiger partial charge in [-0.15, -0.1) is 0 Å². The van der Waals surface area contributed by atoms with Crippen molar-refractivity contribution < 1.29 is 9.53 Å². The molecule has 0 aromatic heterocycles. The number of hydrogen-bond acceptors (Lipinski definition) is 3. The Bertz CT molecular complexity index is 619. The Labute approximate surface area is 198 Å². The zero-order valence-electron chi connectivity index (χ0n) is 19.8. The summed E-state index contributed by atoms with van der Waals surface area (Å²) in [5.74, 6) is 0.698. The van der Waals surface area contributed by atoms with Gasteiger partial charge >= 0.3 is 0 Å². The molecule has 1 rings (SSSR count). The SMILES string of the molecule is CCCCCCCCCCCCCCCCCC(=O)NN=Cc1cc(Br)ccc1OC. The van der Waals surface area contributed by atoms with Crippen molar-refractivity contribution >= 4 is 28.1 Å². The lowest BCUT2D eigenvalue weighted by Gasteiger charge is -2.05. The number of nitrogens with one attached hydrogen (secondary N) is 1. The third-order valence-electron chi connectivity index (χ3n) is 5.59. The number of carbonyl (C=O) groups is 1. The molecule has 5 heteroatoms. The molecule has 0 saturated carbocycles. The minimum Gasteiger partial charge on any atom is -0.496 e. The van der Waals surface area contributed by atoms with Crippen LogP contribution in [0.3, 0.4) is 0 Å². The molecule has 0 unspecified atom stereocenters. The van der Waals surface area contributed by atoms with Gasteiger partial charge in [0.1, 0.15) is 5.75 Å². The zero-order chi connectivity index (χ0) is 22.6. The van der Waals surface area contributed by atoms with E-state index in [2.05, 4.69) is 33.4 Å². The highest BCUT2D eigenvalue weighted by Gasteiger charge is 2.02. The Morgan fingerprint density at radius 3 is 1.94 bits per heavy atom. The molecular formula is C26H43BrN2O2. The lowest BCUT2D eigenvalue weighted by Crippen LogP contribution is -2.17. The monoisotopic (exact) mass is 494 g/mol. The summed E-state index contributed by atoms with van der Waals surface area (Å²) in [6, 6.07) is 5.68. The minimum atomic E-state index is -0.0279. The Balaban J connectivity index is 1.93. The first-order valence-corrected chi connectivity index (χ1v) is 13.1. The molecule has 1 aromatic rings. The normalized spacial score (nSPS) is 11.2. The third kappa shape index (κ3) is 15.1. The van der Waals surface area contributed by atoms with Crippen LogP contribution in [-0.2, 0) is 4.79 Å². The molecule has 176 valence electrons. The number of nitrogens with zero attached hydrogens (tertiary/aromatic N) is 1. The lowest BCUT2D eigenvalue weighted by atomic mass is 10.0. The maximum Gasteiger partial charge on any atom is 0.240 e.